The third-order valence-electron chi connectivity index (χ3n) is 3.05. The van der Waals surface area contributed by atoms with Crippen LogP contribution in [0.25, 0.3) is 0 Å². The van der Waals surface area contributed by atoms with E-state index < -0.39 is 0 Å². The molecule has 1 aromatic rings. The predicted molar refractivity (Wildman–Crippen MR) is 63.1 cm³/mol. The Kier molecular flexibility index (Phi) is 3.37. The highest BCUT2D eigenvalue weighted by molar-refractivity contribution is 5.38. The highest BCUT2D eigenvalue weighted by Crippen LogP contribution is 2.15. The van der Waals surface area contributed by atoms with Crippen LogP contribution in [0.4, 0.5) is 5.82 Å². The SMILES string of the molecule is CN1CCCC1CNc1cccc(C#N)n1. The van der Waals surface area contributed by atoms with Crippen LogP contribution in [0, 0.1) is 11.3 Å². The summed E-state index contributed by atoms with van der Waals surface area (Å²) < 4.78 is 0. The van der Waals surface area contributed by atoms with Crippen LogP contribution in [0.15, 0.2) is 18.2 Å². The number of likely N-dealkylation sites (tertiary alicyclic amines) is 1. The third-order valence-corrected chi connectivity index (χ3v) is 3.05. The van der Waals surface area contributed by atoms with Crippen molar-refractivity contribution in [2.24, 2.45) is 0 Å². The molecule has 0 saturated carbocycles. The Morgan fingerprint density at radius 3 is 3.19 bits per heavy atom. The molecule has 16 heavy (non-hydrogen) atoms. The molecule has 1 atom stereocenters. The second kappa shape index (κ2) is 4.95. The lowest BCUT2D eigenvalue weighted by Gasteiger charge is -2.19. The Bertz CT molecular complexity index is 396. The Hall–Kier alpha value is -1.60. The molecule has 0 aromatic carbocycles. The standard InChI is InChI=1S/C12H16N4/c1-16-7-3-5-11(16)9-14-12-6-2-4-10(8-13)15-12/h2,4,6,11H,3,5,7,9H2,1H3,(H,14,15). The number of likely N-dealkylation sites (N-methyl/N-ethyl adjacent to an activating group) is 1. The number of anilines is 1. The van der Waals surface area contributed by atoms with Crippen LogP contribution in [0.5, 0.6) is 0 Å². The fourth-order valence-electron chi connectivity index (χ4n) is 2.05. The highest BCUT2D eigenvalue weighted by atomic mass is 15.2. The van der Waals surface area contributed by atoms with E-state index in [0.29, 0.717) is 11.7 Å². The van der Waals surface area contributed by atoms with Gasteiger partial charge in [0.1, 0.15) is 17.6 Å². The summed E-state index contributed by atoms with van der Waals surface area (Å²) in [7, 11) is 2.15. The van der Waals surface area contributed by atoms with Gasteiger partial charge in [-0.15, -0.1) is 0 Å². The van der Waals surface area contributed by atoms with Crippen molar-refractivity contribution in [3.63, 3.8) is 0 Å². The predicted octanol–water partition coefficient (Wildman–Crippen LogP) is 1.46. The third kappa shape index (κ3) is 2.50. The summed E-state index contributed by atoms with van der Waals surface area (Å²) >= 11 is 0. The minimum atomic E-state index is 0.463. The normalized spacial score (nSPS) is 20.6. The van der Waals surface area contributed by atoms with Crippen LogP contribution < -0.4 is 5.32 Å². The summed E-state index contributed by atoms with van der Waals surface area (Å²) in [5, 5.41) is 12.0. The fraction of sp³-hybridized carbons (Fsp3) is 0.500. The monoisotopic (exact) mass is 216 g/mol. The first-order valence-electron chi connectivity index (χ1n) is 5.61. The van der Waals surface area contributed by atoms with E-state index in [2.05, 4.69) is 22.2 Å². The van der Waals surface area contributed by atoms with Crippen molar-refractivity contribution in [1.29, 1.82) is 5.26 Å². The molecule has 0 bridgehead atoms. The lowest BCUT2D eigenvalue weighted by molar-refractivity contribution is 0.322. The van der Waals surface area contributed by atoms with Gasteiger partial charge in [-0.1, -0.05) is 6.07 Å². The number of nitriles is 1. The zero-order valence-electron chi connectivity index (χ0n) is 9.48. The van der Waals surface area contributed by atoms with Gasteiger partial charge in [0.15, 0.2) is 0 Å². The molecule has 2 rings (SSSR count). The van der Waals surface area contributed by atoms with Gasteiger partial charge in [0.2, 0.25) is 0 Å². The van der Waals surface area contributed by atoms with E-state index in [-0.39, 0.29) is 0 Å². The zero-order chi connectivity index (χ0) is 11.4. The molecule has 4 heteroatoms. The second-order valence-electron chi connectivity index (χ2n) is 4.18. The zero-order valence-corrected chi connectivity index (χ0v) is 9.48. The first-order chi connectivity index (χ1) is 7.79. The number of rotatable bonds is 3. The lowest BCUT2D eigenvalue weighted by Crippen LogP contribution is -2.31. The molecule has 0 spiro atoms. The molecule has 1 saturated heterocycles. The Morgan fingerprint density at radius 1 is 1.62 bits per heavy atom. The van der Waals surface area contributed by atoms with Crippen molar-refractivity contribution in [2.45, 2.75) is 18.9 Å². The van der Waals surface area contributed by atoms with Crippen LogP contribution in [0.2, 0.25) is 0 Å². The molecular formula is C12H16N4. The molecule has 4 nitrogen and oxygen atoms in total. The van der Waals surface area contributed by atoms with Gasteiger partial charge in [0.25, 0.3) is 0 Å². The van der Waals surface area contributed by atoms with E-state index in [9.17, 15) is 0 Å². The molecule has 2 heterocycles. The summed E-state index contributed by atoms with van der Waals surface area (Å²) in [6.07, 6.45) is 2.51. The van der Waals surface area contributed by atoms with Gasteiger partial charge < -0.3 is 10.2 Å². The van der Waals surface area contributed by atoms with E-state index in [0.717, 1.165) is 12.4 Å². The van der Waals surface area contributed by atoms with Crippen LogP contribution in [-0.4, -0.2) is 36.1 Å². The van der Waals surface area contributed by atoms with Gasteiger partial charge >= 0.3 is 0 Å². The summed E-state index contributed by atoms with van der Waals surface area (Å²) in [5.41, 5.74) is 0.463. The van der Waals surface area contributed by atoms with Gasteiger partial charge in [-0.05, 0) is 38.6 Å². The van der Waals surface area contributed by atoms with E-state index in [4.69, 9.17) is 5.26 Å². The largest absolute Gasteiger partial charge is 0.368 e. The van der Waals surface area contributed by atoms with Crippen LogP contribution >= 0.6 is 0 Å². The Morgan fingerprint density at radius 2 is 2.50 bits per heavy atom. The summed E-state index contributed by atoms with van der Waals surface area (Å²) in [6.45, 7) is 2.08. The Balaban J connectivity index is 1.92. The topological polar surface area (TPSA) is 52.0 Å². The molecule has 0 aliphatic carbocycles. The minimum absolute atomic E-state index is 0.463. The van der Waals surface area contributed by atoms with Crippen LogP contribution in [-0.2, 0) is 0 Å². The molecule has 1 unspecified atom stereocenters. The average Bonchev–Trinajstić information content (AvgIpc) is 2.72. The maximum atomic E-state index is 8.74. The lowest BCUT2D eigenvalue weighted by atomic mass is 10.2. The maximum absolute atomic E-state index is 8.74. The number of aromatic nitrogens is 1. The fourth-order valence-corrected chi connectivity index (χ4v) is 2.05. The highest BCUT2D eigenvalue weighted by Gasteiger charge is 2.20. The molecule has 1 fully saturated rings. The molecule has 1 aromatic heterocycles. The molecule has 1 N–H and O–H groups in total. The number of hydrogen-bond donors (Lipinski definition) is 1. The first-order valence-corrected chi connectivity index (χ1v) is 5.61. The smallest absolute Gasteiger partial charge is 0.142 e. The Labute approximate surface area is 95.9 Å². The summed E-state index contributed by atoms with van der Waals surface area (Å²) in [4.78, 5) is 6.55. The second-order valence-corrected chi connectivity index (χ2v) is 4.18. The van der Waals surface area contributed by atoms with E-state index in [1.54, 1.807) is 6.07 Å². The van der Waals surface area contributed by atoms with Crippen molar-refractivity contribution >= 4 is 5.82 Å². The summed E-state index contributed by atoms with van der Waals surface area (Å²) in [5.74, 6) is 0.791. The number of nitrogens with one attached hydrogen (secondary N) is 1. The quantitative estimate of drug-likeness (QED) is 0.831. The van der Waals surface area contributed by atoms with E-state index >= 15 is 0 Å². The van der Waals surface area contributed by atoms with Crippen molar-refractivity contribution < 1.29 is 0 Å². The van der Waals surface area contributed by atoms with Gasteiger partial charge in [-0.3, -0.25) is 0 Å². The van der Waals surface area contributed by atoms with Gasteiger partial charge in [-0.2, -0.15) is 5.26 Å². The van der Waals surface area contributed by atoms with Crippen molar-refractivity contribution in [3.05, 3.63) is 23.9 Å². The number of hydrogen-bond acceptors (Lipinski definition) is 4. The first kappa shape index (κ1) is 10.9. The maximum Gasteiger partial charge on any atom is 0.142 e. The molecule has 84 valence electrons. The van der Waals surface area contributed by atoms with Crippen molar-refractivity contribution in [3.8, 4) is 6.07 Å². The minimum Gasteiger partial charge on any atom is -0.368 e. The molecule has 0 amide bonds. The van der Waals surface area contributed by atoms with Crippen molar-refractivity contribution in [1.82, 2.24) is 9.88 Å². The number of pyridine rings is 1. The summed E-state index contributed by atoms with van der Waals surface area (Å²) in [6, 6.07) is 8.10. The van der Waals surface area contributed by atoms with Gasteiger partial charge in [-0.25, -0.2) is 4.98 Å². The van der Waals surface area contributed by atoms with Crippen LogP contribution in [0.1, 0.15) is 18.5 Å². The molecule has 1 aliphatic rings. The van der Waals surface area contributed by atoms with Gasteiger partial charge in [0, 0.05) is 12.6 Å². The molecule has 0 radical (unpaired) electrons. The number of nitrogens with zero attached hydrogens (tertiary/aromatic N) is 3. The average molecular weight is 216 g/mol. The van der Waals surface area contributed by atoms with Crippen molar-refractivity contribution in [2.75, 3.05) is 25.5 Å². The van der Waals surface area contributed by atoms with Gasteiger partial charge in [0.05, 0.1) is 0 Å². The van der Waals surface area contributed by atoms with E-state index in [1.165, 1.54) is 19.4 Å². The molecule has 1 aliphatic heterocycles. The molecular weight excluding hydrogens is 200 g/mol. The van der Waals surface area contributed by atoms with Crippen LogP contribution in [0.3, 0.4) is 0 Å². The van der Waals surface area contributed by atoms with E-state index in [1.807, 2.05) is 18.2 Å².